The fraction of sp³-hybridized carbons (Fsp3) is 0.923. The SMILES string of the molecule is CC(C)CNC(=O)C(C)N1CC(O)(C(C)C)C1. The van der Waals surface area contributed by atoms with Gasteiger partial charge in [-0.25, -0.2) is 0 Å². The highest BCUT2D eigenvalue weighted by Gasteiger charge is 2.46. The average molecular weight is 242 g/mol. The summed E-state index contributed by atoms with van der Waals surface area (Å²) in [5, 5.41) is 13.1. The number of hydrogen-bond donors (Lipinski definition) is 2. The zero-order valence-corrected chi connectivity index (χ0v) is 11.7. The maximum absolute atomic E-state index is 11.8. The molecule has 1 amide bonds. The number of hydrogen-bond acceptors (Lipinski definition) is 3. The van der Waals surface area contributed by atoms with Gasteiger partial charge in [0.25, 0.3) is 0 Å². The largest absolute Gasteiger partial charge is 0.387 e. The van der Waals surface area contributed by atoms with E-state index in [-0.39, 0.29) is 17.9 Å². The quantitative estimate of drug-likeness (QED) is 0.751. The van der Waals surface area contributed by atoms with Crippen molar-refractivity contribution >= 4 is 5.91 Å². The number of rotatable bonds is 5. The van der Waals surface area contributed by atoms with Crippen LogP contribution in [-0.4, -0.2) is 47.2 Å². The lowest BCUT2D eigenvalue weighted by Gasteiger charge is -2.51. The fourth-order valence-electron chi connectivity index (χ4n) is 1.91. The molecule has 0 spiro atoms. The van der Waals surface area contributed by atoms with Crippen molar-refractivity contribution in [2.75, 3.05) is 19.6 Å². The molecule has 17 heavy (non-hydrogen) atoms. The number of likely N-dealkylation sites (tertiary alicyclic amines) is 1. The third-order valence-corrected chi connectivity index (χ3v) is 3.64. The third kappa shape index (κ3) is 3.42. The van der Waals surface area contributed by atoms with Crippen molar-refractivity contribution in [3.05, 3.63) is 0 Å². The standard InChI is InChI=1S/C13H26N2O2/c1-9(2)6-14-12(16)11(5)15-7-13(17,8-15)10(3)4/h9-11,17H,6-8H2,1-5H3,(H,14,16). The highest BCUT2D eigenvalue weighted by Crippen LogP contribution is 2.29. The number of nitrogens with one attached hydrogen (secondary N) is 1. The molecule has 1 atom stereocenters. The summed E-state index contributed by atoms with van der Waals surface area (Å²) in [6, 6.07) is -0.146. The van der Waals surface area contributed by atoms with E-state index in [0.717, 1.165) is 0 Å². The lowest BCUT2D eigenvalue weighted by Crippen LogP contribution is -2.68. The van der Waals surface area contributed by atoms with Crippen LogP contribution in [0.15, 0.2) is 0 Å². The number of aliphatic hydroxyl groups is 1. The van der Waals surface area contributed by atoms with Gasteiger partial charge in [0.05, 0.1) is 11.6 Å². The van der Waals surface area contributed by atoms with Crippen LogP contribution in [0.25, 0.3) is 0 Å². The van der Waals surface area contributed by atoms with Crippen LogP contribution in [-0.2, 0) is 4.79 Å². The van der Waals surface area contributed by atoms with Crippen molar-refractivity contribution in [1.29, 1.82) is 0 Å². The molecule has 0 aromatic rings. The number of amides is 1. The Morgan fingerprint density at radius 2 is 1.82 bits per heavy atom. The maximum atomic E-state index is 11.8. The van der Waals surface area contributed by atoms with Crippen LogP contribution in [0.5, 0.6) is 0 Å². The van der Waals surface area contributed by atoms with Crippen LogP contribution in [0.2, 0.25) is 0 Å². The molecule has 1 saturated heterocycles. The summed E-state index contributed by atoms with van der Waals surface area (Å²) in [5.41, 5.74) is -0.605. The van der Waals surface area contributed by atoms with E-state index in [4.69, 9.17) is 0 Å². The van der Waals surface area contributed by atoms with Gasteiger partial charge >= 0.3 is 0 Å². The van der Waals surface area contributed by atoms with E-state index < -0.39 is 5.60 Å². The first-order chi connectivity index (χ1) is 7.76. The van der Waals surface area contributed by atoms with Gasteiger partial charge in [-0.15, -0.1) is 0 Å². The molecule has 1 unspecified atom stereocenters. The van der Waals surface area contributed by atoms with E-state index in [2.05, 4.69) is 19.2 Å². The Morgan fingerprint density at radius 1 is 1.29 bits per heavy atom. The molecule has 0 aromatic carbocycles. The molecule has 1 fully saturated rings. The minimum absolute atomic E-state index is 0.0597. The van der Waals surface area contributed by atoms with Gasteiger partial charge in [0.1, 0.15) is 0 Å². The van der Waals surface area contributed by atoms with Crippen LogP contribution in [0, 0.1) is 11.8 Å². The second-order valence-corrected chi connectivity index (χ2v) is 5.98. The van der Waals surface area contributed by atoms with Crippen molar-refractivity contribution in [3.63, 3.8) is 0 Å². The topological polar surface area (TPSA) is 52.6 Å². The van der Waals surface area contributed by atoms with Crippen LogP contribution in [0.4, 0.5) is 0 Å². The van der Waals surface area contributed by atoms with Crippen molar-refractivity contribution in [2.45, 2.75) is 46.3 Å². The number of nitrogens with zero attached hydrogens (tertiary/aromatic N) is 1. The van der Waals surface area contributed by atoms with Gasteiger partial charge in [-0.05, 0) is 18.8 Å². The molecule has 2 N–H and O–H groups in total. The Hall–Kier alpha value is -0.610. The molecule has 1 aliphatic rings. The van der Waals surface area contributed by atoms with Crippen molar-refractivity contribution in [3.8, 4) is 0 Å². The first-order valence-corrected chi connectivity index (χ1v) is 6.50. The molecule has 0 bridgehead atoms. The minimum atomic E-state index is -0.605. The molecule has 0 radical (unpaired) electrons. The summed E-state index contributed by atoms with van der Waals surface area (Å²) in [5.74, 6) is 0.768. The minimum Gasteiger partial charge on any atom is -0.387 e. The summed E-state index contributed by atoms with van der Waals surface area (Å²) in [6.45, 7) is 12.0. The first-order valence-electron chi connectivity index (χ1n) is 6.50. The Kier molecular flexibility index (Phi) is 4.55. The predicted octanol–water partition coefficient (Wildman–Crippen LogP) is 0.850. The number of carbonyl (C=O) groups is 1. The highest BCUT2D eigenvalue weighted by atomic mass is 16.3. The van der Waals surface area contributed by atoms with Crippen LogP contribution in [0.3, 0.4) is 0 Å². The summed E-state index contributed by atoms with van der Waals surface area (Å²) in [6.07, 6.45) is 0. The molecule has 4 heteroatoms. The monoisotopic (exact) mass is 242 g/mol. The van der Waals surface area contributed by atoms with Crippen LogP contribution >= 0.6 is 0 Å². The molecule has 0 aliphatic carbocycles. The second-order valence-electron chi connectivity index (χ2n) is 5.98. The van der Waals surface area contributed by atoms with Gasteiger partial charge in [0.2, 0.25) is 5.91 Å². The number of β-amino-alcohol motifs (C(OH)–C–C–N with tert-alkyl or cyclic N) is 1. The average Bonchev–Trinajstić information content (AvgIpc) is 2.19. The summed E-state index contributed by atoms with van der Waals surface area (Å²) in [4.78, 5) is 13.9. The predicted molar refractivity (Wildman–Crippen MR) is 68.7 cm³/mol. The lowest BCUT2D eigenvalue weighted by molar-refractivity contribution is -0.153. The van der Waals surface area contributed by atoms with Gasteiger partial charge in [0.15, 0.2) is 0 Å². The van der Waals surface area contributed by atoms with Gasteiger partial charge in [-0.3, -0.25) is 9.69 Å². The third-order valence-electron chi connectivity index (χ3n) is 3.64. The summed E-state index contributed by atoms with van der Waals surface area (Å²) >= 11 is 0. The first kappa shape index (κ1) is 14.5. The second kappa shape index (κ2) is 5.36. The van der Waals surface area contributed by atoms with E-state index in [1.807, 2.05) is 25.7 Å². The normalized spacial score (nSPS) is 21.4. The molecular weight excluding hydrogens is 216 g/mol. The number of carbonyl (C=O) groups excluding carboxylic acids is 1. The molecule has 1 aliphatic heterocycles. The van der Waals surface area contributed by atoms with Gasteiger partial charge in [-0.2, -0.15) is 0 Å². The Balaban J connectivity index is 2.36. The Labute approximate surface area is 104 Å². The molecule has 4 nitrogen and oxygen atoms in total. The molecular formula is C13H26N2O2. The fourth-order valence-corrected chi connectivity index (χ4v) is 1.91. The van der Waals surface area contributed by atoms with Gasteiger partial charge in [-0.1, -0.05) is 27.7 Å². The summed E-state index contributed by atoms with van der Waals surface area (Å²) < 4.78 is 0. The van der Waals surface area contributed by atoms with Crippen LogP contribution in [0.1, 0.15) is 34.6 Å². The molecule has 1 rings (SSSR count). The molecule has 100 valence electrons. The highest BCUT2D eigenvalue weighted by molar-refractivity contribution is 5.81. The van der Waals surface area contributed by atoms with E-state index >= 15 is 0 Å². The Bertz CT molecular complexity index is 271. The van der Waals surface area contributed by atoms with E-state index in [1.165, 1.54) is 0 Å². The van der Waals surface area contributed by atoms with E-state index in [1.54, 1.807) is 0 Å². The zero-order valence-electron chi connectivity index (χ0n) is 11.7. The maximum Gasteiger partial charge on any atom is 0.237 e. The molecule has 0 saturated carbocycles. The zero-order chi connectivity index (χ0) is 13.2. The van der Waals surface area contributed by atoms with Gasteiger partial charge < -0.3 is 10.4 Å². The molecule has 0 aromatic heterocycles. The van der Waals surface area contributed by atoms with Gasteiger partial charge in [0, 0.05) is 19.6 Å². The van der Waals surface area contributed by atoms with E-state index in [0.29, 0.717) is 25.6 Å². The molecule has 1 heterocycles. The van der Waals surface area contributed by atoms with Crippen molar-refractivity contribution < 1.29 is 9.90 Å². The Morgan fingerprint density at radius 3 is 2.24 bits per heavy atom. The van der Waals surface area contributed by atoms with Crippen molar-refractivity contribution in [1.82, 2.24) is 10.2 Å². The van der Waals surface area contributed by atoms with Crippen LogP contribution < -0.4 is 5.32 Å². The smallest absolute Gasteiger partial charge is 0.237 e. The van der Waals surface area contributed by atoms with Crippen molar-refractivity contribution in [2.24, 2.45) is 11.8 Å². The lowest BCUT2D eigenvalue weighted by atomic mass is 9.82. The summed E-state index contributed by atoms with van der Waals surface area (Å²) in [7, 11) is 0. The van der Waals surface area contributed by atoms with E-state index in [9.17, 15) is 9.90 Å².